The van der Waals surface area contributed by atoms with Gasteiger partial charge in [-0.2, -0.15) is 0 Å². The second-order valence-electron chi connectivity index (χ2n) is 3.47. The van der Waals surface area contributed by atoms with E-state index in [1.807, 2.05) is 0 Å². The normalized spacial score (nSPS) is 43.0. The van der Waals surface area contributed by atoms with Crippen molar-refractivity contribution >= 4 is 28.4 Å². The van der Waals surface area contributed by atoms with Crippen molar-refractivity contribution in [1.29, 1.82) is 0 Å². The predicted molar refractivity (Wildman–Crippen MR) is 52.0 cm³/mol. The number of fused-ring (bicyclic) bond motifs is 3. The summed E-state index contributed by atoms with van der Waals surface area (Å²) in [6, 6.07) is 0.701. The van der Waals surface area contributed by atoms with Crippen molar-refractivity contribution in [3.63, 3.8) is 0 Å². The zero-order chi connectivity index (χ0) is 7.84. The highest BCUT2D eigenvalue weighted by Gasteiger charge is 2.38. The average Bonchev–Trinajstić information content (AvgIpc) is 2.05. The van der Waals surface area contributed by atoms with Gasteiger partial charge in [-0.3, -0.25) is 9.69 Å². The lowest BCUT2D eigenvalue weighted by Crippen LogP contribution is -2.54. The smallest absolute Gasteiger partial charge is 0.150 e. The van der Waals surface area contributed by atoms with Crippen molar-refractivity contribution in [3.8, 4) is 0 Å². The van der Waals surface area contributed by atoms with Crippen LogP contribution in [0, 0.1) is 5.92 Å². The summed E-state index contributed by atoms with van der Waals surface area (Å²) in [5.41, 5.74) is 0. The number of hydrogen-bond acceptors (Lipinski definition) is 2. The van der Waals surface area contributed by atoms with Gasteiger partial charge in [0.15, 0.2) is 0 Å². The molecule has 0 spiro atoms. The zero-order valence-electron chi connectivity index (χ0n) is 6.42. The Kier molecular flexibility index (Phi) is 2.19. The Hall–Kier alpha value is 0.360. The van der Waals surface area contributed by atoms with Crippen LogP contribution in [0.15, 0.2) is 0 Å². The summed E-state index contributed by atoms with van der Waals surface area (Å²) in [4.78, 5) is 13.6. The van der Waals surface area contributed by atoms with Crippen LogP contribution in [0.5, 0.6) is 0 Å². The SMILES string of the molecule is O=C1CN2CC[C@H]1C[C@@H]2CI. The lowest BCUT2D eigenvalue weighted by Gasteiger charge is -2.43. The molecule has 0 aromatic heterocycles. The van der Waals surface area contributed by atoms with E-state index in [2.05, 4.69) is 27.5 Å². The Morgan fingerprint density at radius 2 is 2.45 bits per heavy atom. The quantitative estimate of drug-likeness (QED) is 0.522. The van der Waals surface area contributed by atoms with E-state index in [9.17, 15) is 4.79 Å². The molecule has 0 aliphatic carbocycles. The number of Topliss-reactive ketones (excluding diaryl/α,β-unsaturated/α-hetero) is 1. The molecule has 0 N–H and O–H groups in total. The molecule has 3 fully saturated rings. The Morgan fingerprint density at radius 3 is 2.91 bits per heavy atom. The van der Waals surface area contributed by atoms with Gasteiger partial charge < -0.3 is 0 Å². The Labute approximate surface area is 80.5 Å². The summed E-state index contributed by atoms with van der Waals surface area (Å²) in [5.74, 6) is 0.900. The van der Waals surface area contributed by atoms with E-state index in [1.54, 1.807) is 0 Å². The van der Waals surface area contributed by atoms with Gasteiger partial charge in [-0.1, -0.05) is 22.6 Å². The van der Waals surface area contributed by atoms with E-state index in [-0.39, 0.29) is 0 Å². The molecular formula is C8H12INO. The summed E-state index contributed by atoms with van der Waals surface area (Å²) in [6.45, 7) is 1.89. The molecule has 3 heteroatoms. The number of hydrogen-bond donors (Lipinski definition) is 0. The average molecular weight is 265 g/mol. The highest BCUT2D eigenvalue weighted by molar-refractivity contribution is 14.1. The topological polar surface area (TPSA) is 20.3 Å². The number of ketones is 1. The summed E-state index contributed by atoms with van der Waals surface area (Å²) in [5, 5.41) is 0. The molecule has 2 bridgehead atoms. The van der Waals surface area contributed by atoms with Crippen molar-refractivity contribution in [2.45, 2.75) is 18.9 Å². The minimum absolute atomic E-state index is 0.416. The molecule has 3 aliphatic heterocycles. The van der Waals surface area contributed by atoms with Crippen molar-refractivity contribution in [3.05, 3.63) is 0 Å². The van der Waals surface area contributed by atoms with Crippen LogP contribution in [-0.4, -0.2) is 34.2 Å². The molecule has 1 unspecified atom stereocenters. The first-order valence-corrected chi connectivity index (χ1v) is 5.66. The summed E-state index contributed by atoms with van der Waals surface area (Å²) in [7, 11) is 0. The number of carbonyl (C=O) groups is 1. The first kappa shape index (κ1) is 7.98. The van der Waals surface area contributed by atoms with Crippen molar-refractivity contribution in [2.75, 3.05) is 17.5 Å². The highest BCUT2D eigenvalue weighted by atomic mass is 127. The van der Waals surface area contributed by atoms with Crippen LogP contribution in [0.25, 0.3) is 0 Å². The molecule has 0 aromatic carbocycles. The maximum atomic E-state index is 11.3. The molecule has 3 saturated heterocycles. The third-order valence-corrected chi connectivity index (χ3v) is 3.85. The zero-order valence-corrected chi connectivity index (χ0v) is 8.58. The van der Waals surface area contributed by atoms with Crippen molar-refractivity contribution in [1.82, 2.24) is 4.90 Å². The fraction of sp³-hybridized carbons (Fsp3) is 0.875. The van der Waals surface area contributed by atoms with Crippen LogP contribution in [0.1, 0.15) is 12.8 Å². The van der Waals surface area contributed by atoms with E-state index < -0.39 is 0 Å². The molecule has 3 atom stereocenters. The molecule has 0 radical (unpaired) electrons. The molecule has 62 valence electrons. The maximum absolute atomic E-state index is 11.3. The van der Waals surface area contributed by atoms with Gasteiger partial charge in [-0.15, -0.1) is 0 Å². The summed E-state index contributed by atoms with van der Waals surface area (Å²) >= 11 is 2.42. The molecule has 3 rings (SSSR count). The fourth-order valence-corrected chi connectivity index (χ4v) is 3.01. The Morgan fingerprint density at radius 1 is 1.64 bits per heavy atom. The lowest BCUT2D eigenvalue weighted by atomic mass is 9.83. The van der Waals surface area contributed by atoms with Crippen LogP contribution in [0.2, 0.25) is 0 Å². The molecule has 2 nitrogen and oxygen atoms in total. The summed E-state index contributed by atoms with van der Waals surface area (Å²) in [6.07, 6.45) is 2.24. The van der Waals surface area contributed by atoms with Crippen LogP contribution in [0.4, 0.5) is 0 Å². The van der Waals surface area contributed by atoms with Crippen molar-refractivity contribution in [2.24, 2.45) is 5.92 Å². The minimum atomic E-state index is 0.416. The third-order valence-electron chi connectivity index (χ3n) is 2.83. The van der Waals surface area contributed by atoms with Crippen LogP contribution in [0.3, 0.4) is 0 Å². The number of halogens is 1. The predicted octanol–water partition coefficient (Wildman–Crippen LogP) is 1.08. The van der Waals surface area contributed by atoms with Gasteiger partial charge in [-0.25, -0.2) is 0 Å². The minimum Gasteiger partial charge on any atom is -0.298 e. The van der Waals surface area contributed by atoms with Gasteiger partial charge in [-0.05, 0) is 19.4 Å². The van der Waals surface area contributed by atoms with Crippen molar-refractivity contribution < 1.29 is 4.79 Å². The van der Waals surface area contributed by atoms with Gasteiger partial charge in [0.25, 0.3) is 0 Å². The van der Waals surface area contributed by atoms with Gasteiger partial charge in [0.1, 0.15) is 5.78 Å². The third kappa shape index (κ3) is 1.33. The van der Waals surface area contributed by atoms with Crippen LogP contribution >= 0.6 is 22.6 Å². The number of alkyl halides is 1. The fourth-order valence-electron chi connectivity index (χ4n) is 2.09. The van der Waals surface area contributed by atoms with E-state index in [0.717, 1.165) is 25.9 Å². The van der Waals surface area contributed by atoms with Gasteiger partial charge in [0.05, 0.1) is 6.54 Å². The number of nitrogens with zero attached hydrogens (tertiary/aromatic N) is 1. The van der Waals surface area contributed by atoms with E-state index in [0.29, 0.717) is 17.7 Å². The van der Waals surface area contributed by atoms with Crippen LogP contribution in [-0.2, 0) is 4.79 Å². The number of carbonyl (C=O) groups excluding carboxylic acids is 1. The second-order valence-corrected chi connectivity index (χ2v) is 4.35. The molecule has 3 heterocycles. The Balaban J connectivity index is 2.10. The molecular weight excluding hydrogens is 253 g/mol. The molecule has 11 heavy (non-hydrogen) atoms. The monoisotopic (exact) mass is 265 g/mol. The van der Waals surface area contributed by atoms with Gasteiger partial charge >= 0.3 is 0 Å². The Bertz CT molecular complexity index is 183. The molecule has 0 amide bonds. The largest absolute Gasteiger partial charge is 0.298 e. The lowest BCUT2D eigenvalue weighted by molar-refractivity contribution is -0.132. The maximum Gasteiger partial charge on any atom is 0.150 e. The highest BCUT2D eigenvalue weighted by Crippen LogP contribution is 2.30. The molecule has 0 aromatic rings. The molecule has 3 aliphatic rings. The first-order chi connectivity index (χ1) is 5.31. The van der Waals surface area contributed by atoms with Gasteiger partial charge in [0, 0.05) is 16.4 Å². The number of rotatable bonds is 1. The first-order valence-electron chi connectivity index (χ1n) is 4.14. The second kappa shape index (κ2) is 3.01. The molecule has 0 saturated carbocycles. The van der Waals surface area contributed by atoms with E-state index >= 15 is 0 Å². The standard InChI is InChI=1S/C8H12INO/c9-4-7-3-6-1-2-10(7)5-8(6)11/h6-7H,1-5H2/t6-,7+/m0/s1. The summed E-state index contributed by atoms with van der Waals surface area (Å²) < 4.78 is 1.18. The van der Waals surface area contributed by atoms with E-state index in [1.165, 1.54) is 4.43 Å². The number of piperidine rings is 3. The van der Waals surface area contributed by atoms with Crippen LogP contribution < -0.4 is 0 Å². The van der Waals surface area contributed by atoms with E-state index in [4.69, 9.17) is 0 Å². The van der Waals surface area contributed by atoms with Gasteiger partial charge in [0.2, 0.25) is 0 Å².